The van der Waals surface area contributed by atoms with E-state index < -0.39 is 9.84 Å². The van der Waals surface area contributed by atoms with Crippen molar-refractivity contribution >= 4 is 27.4 Å². The summed E-state index contributed by atoms with van der Waals surface area (Å²) in [6.45, 7) is 0. The van der Waals surface area contributed by atoms with E-state index in [1.807, 2.05) is 0 Å². The summed E-state index contributed by atoms with van der Waals surface area (Å²) in [6, 6.07) is 6.73. The molecule has 0 spiro atoms. The maximum atomic E-state index is 11.7. The Labute approximate surface area is 110 Å². The van der Waals surface area contributed by atoms with E-state index >= 15 is 0 Å². The Morgan fingerprint density at radius 2 is 2.06 bits per heavy atom. The highest BCUT2D eigenvalue weighted by Gasteiger charge is 2.17. The van der Waals surface area contributed by atoms with E-state index in [9.17, 15) is 8.42 Å². The Morgan fingerprint density at radius 3 is 2.67 bits per heavy atom. The number of benzene rings is 1. The molecule has 0 unspecified atom stereocenters. The maximum Gasteiger partial charge on any atom is 0.220 e. The highest BCUT2D eigenvalue weighted by atomic mass is 35.5. The zero-order valence-electron chi connectivity index (χ0n) is 9.46. The molecule has 94 valence electrons. The molecule has 0 fully saturated rings. The highest BCUT2D eigenvalue weighted by molar-refractivity contribution is 7.90. The lowest BCUT2D eigenvalue weighted by Gasteiger charge is -2.07. The van der Waals surface area contributed by atoms with E-state index in [-0.39, 0.29) is 16.5 Å². The number of hydrogen-bond donors (Lipinski definition) is 1. The lowest BCUT2D eigenvalue weighted by Crippen LogP contribution is -2.05. The molecular weight excluding hydrogens is 274 g/mol. The van der Waals surface area contributed by atoms with Gasteiger partial charge in [-0.1, -0.05) is 23.7 Å². The van der Waals surface area contributed by atoms with Crippen LogP contribution in [-0.4, -0.2) is 24.6 Å². The smallest absolute Gasteiger partial charge is 0.220 e. The zero-order chi connectivity index (χ0) is 13.3. The van der Waals surface area contributed by atoms with Crippen LogP contribution in [0, 0.1) is 0 Å². The van der Waals surface area contributed by atoms with Gasteiger partial charge in [-0.15, -0.1) is 0 Å². The number of sulfone groups is 1. The fraction of sp³-hybridized carbons (Fsp3) is 0.0909. The molecule has 1 heterocycles. The van der Waals surface area contributed by atoms with Gasteiger partial charge >= 0.3 is 0 Å². The van der Waals surface area contributed by atoms with Gasteiger partial charge in [-0.25, -0.2) is 18.4 Å². The normalized spacial score (nSPS) is 11.4. The molecule has 0 bridgehead atoms. The average Bonchev–Trinajstić information content (AvgIpc) is 2.27. The van der Waals surface area contributed by atoms with Crippen LogP contribution in [0.15, 0.2) is 35.4 Å². The van der Waals surface area contributed by atoms with Gasteiger partial charge < -0.3 is 5.73 Å². The Balaban J connectivity index is 2.74. The van der Waals surface area contributed by atoms with Gasteiger partial charge in [0.2, 0.25) is 5.95 Å². The summed E-state index contributed by atoms with van der Waals surface area (Å²) >= 11 is 5.88. The fourth-order valence-corrected chi connectivity index (χ4v) is 2.45. The number of nitrogen functional groups attached to an aromatic ring is 1. The summed E-state index contributed by atoms with van der Waals surface area (Å²) in [5, 5.41) is 0.490. The SMILES string of the molecule is CS(=O)(=O)c1cnc(N)nc1-c1cccc(Cl)c1. The standard InChI is InChI=1S/C11H10ClN3O2S/c1-18(16,17)9-6-14-11(13)15-10(9)7-3-2-4-8(12)5-7/h2-6H,1H3,(H2,13,14,15). The van der Waals surface area contributed by atoms with Crippen molar-refractivity contribution in [1.82, 2.24) is 9.97 Å². The van der Waals surface area contributed by atoms with Gasteiger partial charge in [0, 0.05) is 16.8 Å². The highest BCUT2D eigenvalue weighted by Crippen LogP contribution is 2.27. The van der Waals surface area contributed by atoms with E-state index in [0.717, 1.165) is 6.26 Å². The van der Waals surface area contributed by atoms with Crippen LogP contribution < -0.4 is 5.73 Å². The molecule has 0 saturated carbocycles. The molecule has 0 aliphatic rings. The minimum Gasteiger partial charge on any atom is -0.368 e. The Hall–Kier alpha value is -1.66. The second-order valence-corrected chi connectivity index (χ2v) is 6.14. The molecule has 0 aliphatic heterocycles. The third-order valence-electron chi connectivity index (χ3n) is 2.27. The quantitative estimate of drug-likeness (QED) is 0.908. The molecule has 0 radical (unpaired) electrons. The van der Waals surface area contributed by atoms with Gasteiger partial charge in [0.05, 0.1) is 11.9 Å². The predicted octanol–water partition coefficient (Wildman–Crippen LogP) is 1.78. The van der Waals surface area contributed by atoms with Crippen molar-refractivity contribution in [3.63, 3.8) is 0 Å². The van der Waals surface area contributed by atoms with Crippen LogP contribution in [0.4, 0.5) is 5.95 Å². The summed E-state index contributed by atoms with van der Waals surface area (Å²) < 4.78 is 23.3. The lowest BCUT2D eigenvalue weighted by atomic mass is 10.1. The number of anilines is 1. The number of aromatic nitrogens is 2. The van der Waals surface area contributed by atoms with Crippen molar-refractivity contribution in [2.24, 2.45) is 0 Å². The van der Waals surface area contributed by atoms with E-state index in [2.05, 4.69) is 9.97 Å². The zero-order valence-corrected chi connectivity index (χ0v) is 11.0. The van der Waals surface area contributed by atoms with E-state index in [4.69, 9.17) is 17.3 Å². The fourth-order valence-electron chi connectivity index (χ4n) is 1.50. The molecule has 2 rings (SSSR count). The Kier molecular flexibility index (Phi) is 3.23. The first-order valence-corrected chi connectivity index (χ1v) is 7.23. The number of nitrogens with two attached hydrogens (primary N) is 1. The van der Waals surface area contributed by atoms with Crippen LogP contribution in [-0.2, 0) is 9.84 Å². The summed E-state index contributed by atoms with van der Waals surface area (Å²) in [5.41, 5.74) is 6.33. The van der Waals surface area contributed by atoms with Crippen LogP contribution in [0.1, 0.15) is 0 Å². The molecule has 18 heavy (non-hydrogen) atoms. The third-order valence-corrected chi connectivity index (χ3v) is 3.60. The van der Waals surface area contributed by atoms with Gasteiger partial charge in [0.15, 0.2) is 9.84 Å². The number of nitrogens with zero attached hydrogens (tertiary/aromatic N) is 2. The van der Waals surface area contributed by atoms with Crippen molar-refractivity contribution in [1.29, 1.82) is 0 Å². The lowest BCUT2D eigenvalue weighted by molar-refractivity contribution is 0.601. The monoisotopic (exact) mass is 283 g/mol. The maximum absolute atomic E-state index is 11.7. The molecule has 1 aromatic heterocycles. The Morgan fingerprint density at radius 1 is 1.33 bits per heavy atom. The molecule has 7 heteroatoms. The molecular formula is C11H10ClN3O2S. The largest absolute Gasteiger partial charge is 0.368 e. The first-order chi connectivity index (χ1) is 8.38. The third kappa shape index (κ3) is 2.60. The first-order valence-electron chi connectivity index (χ1n) is 4.96. The van der Waals surface area contributed by atoms with Crippen LogP contribution in [0.3, 0.4) is 0 Å². The summed E-state index contributed by atoms with van der Waals surface area (Å²) in [5.74, 6) is 0.0115. The summed E-state index contributed by atoms with van der Waals surface area (Å²) in [6.07, 6.45) is 2.30. The van der Waals surface area contributed by atoms with E-state index in [1.54, 1.807) is 24.3 Å². The molecule has 2 aromatic rings. The molecule has 0 aliphatic carbocycles. The van der Waals surface area contributed by atoms with E-state index in [0.29, 0.717) is 10.6 Å². The summed E-state index contributed by atoms with van der Waals surface area (Å²) in [4.78, 5) is 7.72. The second-order valence-electron chi connectivity index (χ2n) is 3.72. The van der Waals surface area contributed by atoms with Gasteiger partial charge in [0.1, 0.15) is 4.90 Å². The van der Waals surface area contributed by atoms with Gasteiger partial charge in [0.25, 0.3) is 0 Å². The number of hydrogen-bond acceptors (Lipinski definition) is 5. The van der Waals surface area contributed by atoms with Crippen LogP contribution >= 0.6 is 11.6 Å². The topological polar surface area (TPSA) is 85.9 Å². The molecule has 2 N–H and O–H groups in total. The molecule has 0 atom stereocenters. The van der Waals surface area contributed by atoms with Crippen LogP contribution in [0.5, 0.6) is 0 Å². The molecule has 0 saturated heterocycles. The van der Waals surface area contributed by atoms with Crippen molar-refractivity contribution in [3.05, 3.63) is 35.5 Å². The number of rotatable bonds is 2. The average molecular weight is 284 g/mol. The van der Waals surface area contributed by atoms with Crippen molar-refractivity contribution in [2.75, 3.05) is 12.0 Å². The first kappa shape index (κ1) is 12.8. The van der Waals surface area contributed by atoms with Crippen molar-refractivity contribution < 1.29 is 8.42 Å². The van der Waals surface area contributed by atoms with E-state index in [1.165, 1.54) is 6.20 Å². The van der Waals surface area contributed by atoms with Crippen molar-refractivity contribution in [3.8, 4) is 11.3 Å². The Bertz CT molecular complexity index is 701. The second kappa shape index (κ2) is 4.55. The van der Waals surface area contributed by atoms with Crippen molar-refractivity contribution in [2.45, 2.75) is 4.90 Å². The van der Waals surface area contributed by atoms with Crippen LogP contribution in [0.25, 0.3) is 11.3 Å². The molecule has 0 amide bonds. The van der Waals surface area contributed by atoms with Gasteiger partial charge in [-0.3, -0.25) is 0 Å². The van der Waals surface area contributed by atoms with Gasteiger partial charge in [-0.2, -0.15) is 0 Å². The molecule has 1 aromatic carbocycles. The van der Waals surface area contributed by atoms with Crippen LogP contribution in [0.2, 0.25) is 5.02 Å². The summed E-state index contributed by atoms with van der Waals surface area (Å²) in [7, 11) is -3.43. The molecule has 5 nitrogen and oxygen atoms in total. The van der Waals surface area contributed by atoms with Gasteiger partial charge in [-0.05, 0) is 12.1 Å². The predicted molar refractivity (Wildman–Crippen MR) is 70.0 cm³/mol. The minimum atomic E-state index is -3.43. The number of halogens is 1. The minimum absolute atomic E-state index is 0.0115.